The summed E-state index contributed by atoms with van der Waals surface area (Å²) in [7, 11) is 0. The predicted octanol–water partition coefficient (Wildman–Crippen LogP) is 3.29. The molecular formula is C16H21FO4. The van der Waals surface area contributed by atoms with E-state index in [0.29, 0.717) is 6.42 Å². The number of halogens is 1. The summed E-state index contributed by atoms with van der Waals surface area (Å²) in [4.78, 5) is 24.1. The minimum atomic E-state index is -1.84. The Bertz CT molecular complexity index is 501. The number of carboxylic acids is 1. The second kappa shape index (κ2) is 7.76. The van der Waals surface area contributed by atoms with Crippen LogP contribution in [-0.2, 0) is 19.7 Å². The van der Waals surface area contributed by atoms with E-state index in [4.69, 9.17) is 4.74 Å². The lowest BCUT2D eigenvalue weighted by Gasteiger charge is -2.27. The van der Waals surface area contributed by atoms with Gasteiger partial charge in [-0.1, -0.05) is 38.3 Å². The van der Waals surface area contributed by atoms with Crippen LogP contribution in [0.5, 0.6) is 0 Å². The summed E-state index contributed by atoms with van der Waals surface area (Å²) in [5, 5.41) is 9.64. The fraction of sp³-hybridized carbons (Fsp3) is 0.500. The molecule has 5 heteroatoms. The minimum Gasteiger partial charge on any atom is -0.480 e. The third-order valence-electron chi connectivity index (χ3n) is 3.46. The summed E-state index contributed by atoms with van der Waals surface area (Å²) in [5.74, 6) is -2.71. The average molecular weight is 296 g/mol. The number of aliphatic carboxylic acids is 1. The first kappa shape index (κ1) is 17.1. The van der Waals surface area contributed by atoms with E-state index in [0.717, 1.165) is 18.9 Å². The van der Waals surface area contributed by atoms with Gasteiger partial charge in [0.1, 0.15) is 5.82 Å². The molecule has 0 amide bonds. The largest absolute Gasteiger partial charge is 0.480 e. The van der Waals surface area contributed by atoms with E-state index in [1.165, 1.54) is 18.2 Å². The maximum atomic E-state index is 13.5. The number of ether oxygens (including phenoxy) is 1. The molecule has 0 heterocycles. The Morgan fingerprint density at radius 1 is 1.29 bits per heavy atom. The molecule has 0 aliphatic rings. The van der Waals surface area contributed by atoms with Gasteiger partial charge in [0.05, 0.1) is 6.61 Å². The second-order valence-corrected chi connectivity index (χ2v) is 4.90. The lowest BCUT2D eigenvalue weighted by Crippen LogP contribution is -2.45. The molecule has 21 heavy (non-hydrogen) atoms. The van der Waals surface area contributed by atoms with E-state index in [1.807, 2.05) is 6.92 Å². The van der Waals surface area contributed by atoms with Gasteiger partial charge in [-0.15, -0.1) is 0 Å². The quantitative estimate of drug-likeness (QED) is 0.454. The molecule has 116 valence electrons. The number of carbonyl (C=O) groups excluding carboxylic acids is 1. The van der Waals surface area contributed by atoms with Gasteiger partial charge in [0.2, 0.25) is 0 Å². The van der Waals surface area contributed by atoms with Gasteiger partial charge < -0.3 is 9.84 Å². The van der Waals surface area contributed by atoms with Gasteiger partial charge in [-0.3, -0.25) is 9.59 Å². The Balaban J connectivity index is 3.29. The Labute approximate surface area is 123 Å². The van der Waals surface area contributed by atoms with E-state index < -0.39 is 23.2 Å². The summed E-state index contributed by atoms with van der Waals surface area (Å²) < 4.78 is 18.4. The normalized spacial score (nSPS) is 13.5. The highest BCUT2D eigenvalue weighted by Gasteiger charge is 2.49. The summed E-state index contributed by atoms with van der Waals surface area (Å²) in [5.41, 5.74) is -1.71. The lowest BCUT2D eigenvalue weighted by atomic mass is 9.76. The summed E-state index contributed by atoms with van der Waals surface area (Å²) in [6, 6.07) is 5.17. The van der Waals surface area contributed by atoms with Crippen molar-refractivity contribution in [3.05, 3.63) is 35.6 Å². The first-order valence-corrected chi connectivity index (χ1v) is 7.15. The Morgan fingerprint density at radius 3 is 2.52 bits per heavy atom. The minimum absolute atomic E-state index is 0.0803. The zero-order valence-corrected chi connectivity index (χ0v) is 12.4. The number of unbranched alkanes of at least 4 members (excludes halogenated alkanes) is 2. The number of carboxylic acid groups (broad SMARTS) is 1. The maximum Gasteiger partial charge on any atom is 0.328 e. The van der Waals surface area contributed by atoms with Crippen LogP contribution >= 0.6 is 0 Å². The zero-order valence-electron chi connectivity index (χ0n) is 12.4. The van der Waals surface area contributed by atoms with Crippen molar-refractivity contribution in [2.75, 3.05) is 6.61 Å². The van der Waals surface area contributed by atoms with Crippen molar-refractivity contribution < 1.29 is 23.8 Å². The van der Waals surface area contributed by atoms with E-state index in [9.17, 15) is 19.1 Å². The van der Waals surface area contributed by atoms with Crippen molar-refractivity contribution in [2.45, 2.75) is 44.9 Å². The van der Waals surface area contributed by atoms with Gasteiger partial charge in [0, 0.05) is 0 Å². The molecule has 0 bridgehead atoms. The van der Waals surface area contributed by atoms with Gasteiger partial charge >= 0.3 is 11.9 Å². The molecule has 0 saturated carbocycles. The molecule has 1 rings (SSSR count). The van der Waals surface area contributed by atoms with Crippen LogP contribution in [0.4, 0.5) is 4.39 Å². The molecule has 1 N–H and O–H groups in total. The van der Waals surface area contributed by atoms with Crippen molar-refractivity contribution in [1.29, 1.82) is 0 Å². The topological polar surface area (TPSA) is 63.6 Å². The molecule has 0 saturated heterocycles. The van der Waals surface area contributed by atoms with Crippen LogP contribution in [0, 0.1) is 5.82 Å². The van der Waals surface area contributed by atoms with E-state index in [-0.39, 0.29) is 18.6 Å². The molecule has 0 aliphatic carbocycles. The van der Waals surface area contributed by atoms with Crippen molar-refractivity contribution in [3.63, 3.8) is 0 Å². The molecular weight excluding hydrogens is 275 g/mol. The number of benzene rings is 1. The van der Waals surface area contributed by atoms with Crippen LogP contribution in [0.25, 0.3) is 0 Å². The number of hydrogen-bond donors (Lipinski definition) is 1. The molecule has 0 spiro atoms. The number of rotatable bonds is 8. The number of esters is 1. The molecule has 1 unspecified atom stereocenters. The molecule has 1 atom stereocenters. The molecule has 0 aliphatic heterocycles. The summed E-state index contributed by atoms with van der Waals surface area (Å²) >= 11 is 0. The van der Waals surface area contributed by atoms with E-state index in [2.05, 4.69) is 0 Å². The van der Waals surface area contributed by atoms with Gasteiger partial charge in [-0.25, -0.2) is 4.39 Å². The number of hydrogen-bond acceptors (Lipinski definition) is 3. The first-order valence-electron chi connectivity index (χ1n) is 7.15. The Hall–Kier alpha value is -1.91. The monoisotopic (exact) mass is 296 g/mol. The van der Waals surface area contributed by atoms with Gasteiger partial charge in [-0.2, -0.15) is 0 Å². The van der Waals surface area contributed by atoms with Crippen LogP contribution in [0.1, 0.15) is 45.1 Å². The van der Waals surface area contributed by atoms with Crippen LogP contribution in [0.3, 0.4) is 0 Å². The highest BCUT2D eigenvalue weighted by atomic mass is 19.1. The van der Waals surface area contributed by atoms with E-state index in [1.54, 1.807) is 6.92 Å². The molecule has 0 fully saturated rings. The molecule has 1 aromatic rings. The molecule has 0 radical (unpaired) electrons. The average Bonchev–Trinajstić information content (AvgIpc) is 2.43. The van der Waals surface area contributed by atoms with Crippen molar-refractivity contribution >= 4 is 11.9 Å². The predicted molar refractivity (Wildman–Crippen MR) is 76.5 cm³/mol. The molecule has 0 aromatic heterocycles. The van der Waals surface area contributed by atoms with E-state index >= 15 is 0 Å². The highest BCUT2D eigenvalue weighted by molar-refractivity contribution is 6.05. The standard InChI is InChI=1S/C16H21FO4/c1-3-5-6-10-16(14(18)19,15(20)21-4-2)12-8-7-9-13(17)11-12/h7-9,11H,3-6,10H2,1-2H3,(H,18,19). The third-order valence-corrected chi connectivity index (χ3v) is 3.46. The maximum absolute atomic E-state index is 13.5. The van der Waals surface area contributed by atoms with Crippen LogP contribution < -0.4 is 0 Å². The zero-order chi connectivity index (χ0) is 15.9. The third kappa shape index (κ3) is 3.80. The van der Waals surface area contributed by atoms with Crippen LogP contribution in [0.2, 0.25) is 0 Å². The molecule has 1 aromatic carbocycles. The first-order chi connectivity index (χ1) is 9.98. The summed E-state index contributed by atoms with van der Waals surface area (Å²) in [6.45, 7) is 3.67. The highest BCUT2D eigenvalue weighted by Crippen LogP contribution is 2.33. The van der Waals surface area contributed by atoms with Crippen molar-refractivity contribution in [3.8, 4) is 0 Å². The van der Waals surface area contributed by atoms with Crippen molar-refractivity contribution in [2.24, 2.45) is 0 Å². The Kier molecular flexibility index (Phi) is 6.34. The molecule has 4 nitrogen and oxygen atoms in total. The van der Waals surface area contributed by atoms with Gasteiger partial charge in [0.15, 0.2) is 5.41 Å². The fourth-order valence-corrected chi connectivity index (χ4v) is 2.33. The van der Waals surface area contributed by atoms with Crippen molar-refractivity contribution in [1.82, 2.24) is 0 Å². The smallest absolute Gasteiger partial charge is 0.328 e. The second-order valence-electron chi connectivity index (χ2n) is 4.90. The fourth-order valence-electron chi connectivity index (χ4n) is 2.33. The lowest BCUT2D eigenvalue weighted by molar-refractivity contribution is -0.162. The van der Waals surface area contributed by atoms with Gasteiger partial charge in [-0.05, 0) is 31.0 Å². The summed E-state index contributed by atoms with van der Waals surface area (Å²) in [6.07, 6.45) is 2.34. The van der Waals surface area contributed by atoms with Gasteiger partial charge in [0.25, 0.3) is 0 Å². The Morgan fingerprint density at radius 2 is 2.00 bits per heavy atom. The number of carbonyl (C=O) groups is 2. The van der Waals surface area contributed by atoms with Crippen LogP contribution in [-0.4, -0.2) is 23.7 Å². The SMILES string of the molecule is CCCCCC(C(=O)O)(C(=O)OCC)c1cccc(F)c1. The van der Waals surface area contributed by atoms with Crippen LogP contribution in [0.15, 0.2) is 24.3 Å².